The maximum Gasteiger partial charge on any atom is 0.325 e. The lowest BCUT2D eigenvalue weighted by atomic mass is 9.99. The number of rotatable bonds is 4. The van der Waals surface area contributed by atoms with Crippen molar-refractivity contribution in [2.24, 2.45) is 0 Å². The smallest absolute Gasteiger partial charge is 0.325 e. The number of carboxylic acid groups (broad SMARTS) is 1. The largest absolute Gasteiger partial charge is 0.480 e. The van der Waals surface area contributed by atoms with Crippen molar-refractivity contribution in [3.63, 3.8) is 0 Å². The second-order valence-corrected chi connectivity index (χ2v) is 6.28. The van der Waals surface area contributed by atoms with E-state index in [9.17, 15) is 9.90 Å². The summed E-state index contributed by atoms with van der Waals surface area (Å²) in [6, 6.07) is 7.02. The number of hydrogen-bond acceptors (Lipinski definition) is 4. The van der Waals surface area contributed by atoms with Gasteiger partial charge >= 0.3 is 5.97 Å². The highest BCUT2D eigenvalue weighted by atomic mass is 79.9. The first kappa shape index (κ1) is 15.2. The van der Waals surface area contributed by atoms with Crippen LogP contribution in [-0.4, -0.2) is 43.8 Å². The van der Waals surface area contributed by atoms with Gasteiger partial charge in [0.05, 0.1) is 6.04 Å². The Bertz CT molecular complexity index is 647. The molecule has 3 rings (SSSR count). The maximum absolute atomic E-state index is 11.8. The van der Waals surface area contributed by atoms with Crippen LogP contribution in [0.3, 0.4) is 0 Å². The van der Waals surface area contributed by atoms with E-state index < -0.39 is 12.0 Å². The molecule has 1 N–H and O–H groups in total. The molecule has 1 fully saturated rings. The minimum Gasteiger partial charge on any atom is -0.480 e. The van der Waals surface area contributed by atoms with Gasteiger partial charge in [-0.2, -0.15) is 5.10 Å². The van der Waals surface area contributed by atoms with Gasteiger partial charge in [-0.1, -0.05) is 34.1 Å². The van der Waals surface area contributed by atoms with Crippen molar-refractivity contribution in [2.75, 3.05) is 13.1 Å². The molecule has 22 heavy (non-hydrogen) atoms. The molecule has 1 saturated heterocycles. The summed E-state index contributed by atoms with van der Waals surface area (Å²) in [5, 5.41) is 13.9. The topological polar surface area (TPSA) is 71.2 Å². The summed E-state index contributed by atoms with van der Waals surface area (Å²) in [4.78, 5) is 17.8. The summed E-state index contributed by atoms with van der Waals surface area (Å²) < 4.78 is 2.65. The summed E-state index contributed by atoms with van der Waals surface area (Å²) in [5.41, 5.74) is 0.786. The van der Waals surface area contributed by atoms with E-state index in [0.717, 1.165) is 29.4 Å². The summed E-state index contributed by atoms with van der Waals surface area (Å²) >= 11 is 3.47. The molecule has 2 aromatic rings. The average Bonchev–Trinajstić information content (AvgIpc) is 3.04. The Morgan fingerprint density at radius 2 is 2.23 bits per heavy atom. The van der Waals surface area contributed by atoms with Gasteiger partial charge in [-0.15, -0.1) is 0 Å². The number of aliphatic carboxylic acids is 1. The SMILES string of the molecule is O=C(O)C(c1ccccc1Br)N1CCCC(n2cncn2)C1. The number of hydrogen-bond donors (Lipinski definition) is 1. The Hall–Kier alpha value is -1.73. The number of likely N-dealkylation sites (tertiary alicyclic amines) is 1. The van der Waals surface area contributed by atoms with Crippen LogP contribution in [0.25, 0.3) is 0 Å². The molecular weight excluding hydrogens is 348 g/mol. The number of piperidine rings is 1. The first-order valence-corrected chi connectivity index (χ1v) is 8.01. The van der Waals surface area contributed by atoms with Crippen molar-refractivity contribution in [3.05, 3.63) is 47.0 Å². The fourth-order valence-electron chi connectivity index (χ4n) is 3.02. The molecule has 7 heteroatoms. The highest BCUT2D eigenvalue weighted by Crippen LogP contribution is 2.32. The molecule has 0 saturated carbocycles. The van der Waals surface area contributed by atoms with Gasteiger partial charge in [0.25, 0.3) is 0 Å². The molecule has 0 amide bonds. The van der Waals surface area contributed by atoms with Crippen LogP contribution in [0.4, 0.5) is 0 Å². The van der Waals surface area contributed by atoms with Crippen molar-refractivity contribution in [1.82, 2.24) is 19.7 Å². The third-order valence-corrected chi connectivity index (χ3v) is 4.76. The summed E-state index contributed by atoms with van der Waals surface area (Å²) in [6.45, 7) is 1.42. The van der Waals surface area contributed by atoms with Gasteiger partial charge in [0.15, 0.2) is 0 Å². The monoisotopic (exact) mass is 364 g/mol. The average molecular weight is 365 g/mol. The standard InChI is InChI=1S/C15H17BrN4O2/c16-13-6-2-1-5-12(13)14(15(21)22)19-7-3-4-11(8-19)20-10-17-9-18-20/h1-2,5-6,9-11,14H,3-4,7-8H2,(H,21,22). The Morgan fingerprint density at radius 3 is 2.91 bits per heavy atom. The third-order valence-electron chi connectivity index (χ3n) is 4.04. The lowest BCUT2D eigenvalue weighted by Crippen LogP contribution is -2.42. The molecule has 0 radical (unpaired) electrons. The quantitative estimate of drug-likeness (QED) is 0.902. The van der Waals surface area contributed by atoms with E-state index in [1.165, 1.54) is 6.33 Å². The van der Waals surface area contributed by atoms with Crippen LogP contribution in [0.5, 0.6) is 0 Å². The Kier molecular flexibility index (Phi) is 4.54. The van der Waals surface area contributed by atoms with Crippen LogP contribution in [0.15, 0.2) is 41.4 Å². The summed E-state index contributed by atoms with van der Waals surface area (Å²) in [6.07, 6.45) is 5.14. The number of benzene rings is 1. The van der Waals surface area contributed by atoms with E-state index in [0.29, 0.717) is 6.54 Å². The zero-order chi connectivity index (χ0) is 15.5. The van der Waals surface area contributed by atoms with Gasteiger partial charge < -0.3 is 5.11 Å². The van der Waals surface area contributed by atoms with Gasteiger partial charge in [-0.25, -0.2) is 9.67 Å². The summed E-state index contributed by atoms with van der Waals surface area (Å²) in [5.74, 6) is -0.828. The molecule has 0 bridgehead atoms. The number of halogens is 1. The van der Waals surface area contributed by atoms with Crippen LogP contribution in [-0.2, 0) is 4.79 Å². The summed E-state index contributed by atoms with van der Waals surface area (Å²) in [7, 11) is 0. The van der Waals surface area contributed by atoms with Crippen LogP contribution in [0, 0.1) is 0 Å². The zero-order valence-corrected chi connectivity index (χ0v) is 13.6. The van der Waals surface area contributed by atoms with Crippen molar-refractivity contribution < 1.29 is 9.90 Å². The number of carboxylic acids is 1. The van der Waals surface area contributed by atoms with Gasteiger partial charge in [-0.05, 0) is 31.0 Å². The molecule has 116 valence electrons. The van der Waals surface area contributed by atoms with Crippen LogP contribution < -0.4 is 0 Å². The molecule has 1 aromatic carbocycles. The lowest BCUT2D eigenvalue weighted by molar-refractivity contribution is -0.144. The van der Waals surface area contributed by atoms with E-state index in [4.69, 9.17) is 0 Å². The molecule has 1 aliphatic rings. The molecule has 0 aliphatic carbocycles. The molecule has 2 unspecified atom stereocenters. The molecule has 1 aromatic heterocycles. The van der Waals surface area contributed by atoms with Crippen LogP contribution >= 0.6 is 15.9 Å². The van der Waals surface area contributed by atoms with Crippen LogP contribution in [0.1, 0.15) is 30.5 Å². The Morgan fingerprint density at radius 1 is 1.41 bits per heavy atom. The zero-order valence-electron chi connectivity index (χ0n) is 12.0. The maximum atomic E-state index is 11.8. The van der Waals surface area contributed by atoms with Crippen molar-refractivity contribution in [1.29, 1.82) is 0 Å². The number of carbonyl (C=O) groups is 1. The second kappa shape index (κ2) is 6.58. The molecule has 1 aliphatic heterocycles. The van der Waals surface area contributed by atoms with Gasteiger partial charge in [0.2, 0.25) is 0 Å². The van der Waals surface area contributed by atoms with Gasteiger partial charge in [-0.3, -0.25) is 9.69 Å². The molecule has 6 nitrogen and oxygen atoms in total. The van der Waals surface area contributed by atoms with Gasteiger partial charge in [0, 0.05) is 11.0 Å². The molecular formula is C15H17BrN4O2. The molecule has 2 heterocycles. The van der Waals surface area contributed by atoms with Crippen molar-refractivity contribution in [3.8, 4) is 0 Å². The molecule has 2 atom stereocenters. The first-order chi connectivity index (χ1) is 10.7. The highest BCUT2D eigenvalue weighted by Gasteiger charge is 2.33. The number of aromatic nitrogens is 3. The minimum absolute atomic E-state index is 0.167. The third kappa shape index (κ3) is 3.05. The lowest BCUT2D eigenvalue weighted by Gasteiger charge is -2.36. The van der Waals surface area contributed by atoms with E-state index in [1.807, 2.05) is 33.8 Å². The highest BCUT2D eigenvalue weighted by molar-refractivity contribution is 9.10. The fraction of sp³-hybridized carbons (Fsp3) is 0.400. The van der Waals surface area contributed by atoms with E-state index in [1.54, 1.807) is 6.33 Å². The molecule has 0 spiro atoms. The first-order valence-electron chi connectivity index (χ1n) is 7.22. The predicted octanol–water partition coefficient (Wildman–Crippen LogP) is 2.50. The number of nitrogens with zero attached hydrogens (tertiary/aromatic N) is 4. The van der Waals surface area contributed by atoms with Crippen LogP contribution in [0.2, 0.25) is 0 Å². The van der Waals surface area contributed by atoms with Crippen molar-refractivity contribution >= 4 is 21.9 Å². The Balaban J connectivity index is 1.86. The predicted molar refractivity (Wildman–Crippen MR) is 84.4 cm³/mol. The second-order valence-electron chi connectivity index (χ2n) is 5.43. The Labute approximate surface area is 136 Å². The van der Waals surface area contributed by atoms with Gasteiger partial charge in [0.1, 0.15) is 18.7 Å². The minimum atomic E-state index is -0.828. The van der Waals surface area contributed by atoms with E-state index in [-0.39, 0.29) is 6.04 Å². The normalized spacial score (nSPS) is 20.7. The van der Waals surface area contributed by atoms with Crippen molar-refractivity contribution in [2.45, 2.75) is 24.9 Å². The van der Waals surface area contributed by atoms with E-state index in [2.05, 4.69) is 26.0 Å². The van der Waals surface area contributed by atoms with E-state index >= 15 is 0 Å². The fourth-order valence-corrected chi connectivity index (χ4v) is 3.52.